The number of ether oxygens (including phenoxy) is 1. The predicted molar refractivity (Wildman–Crippen MR) is 63.4 cm³/mol. The normalized spacial score (nSPS) is 12.2. The van der Waals surface area contributed by atoms with Gasteiger partial charge in [0.05, 0.1) is 6.10 Å². The molecule has 94 valence electrons. The van der Waals surface area contributed by atoms with E-state index in [-0.39, 0.29) is 12.4 Å². The summed E-state index contributed by atoms with van der Waals surface area (Å²) >= 11 is 0. The highest BCUT2D eigenvalue weighted by atomic mass is 19.1. The highest BCUT2D eigenvalue weighted by molar-refractivity contribution is 5.30. The van der Waals surface area contributed by atoms with Crippen molar-refractivity contribution >= 4 is 0 Å². The molecule has 1 aromatic carbocycles. The lowest BCUT2D eigenvalue weighted by Crippen LogP contribution is -2.02. The van der Waals surface area contributed by atoms with Gasteiger partial charge in [-0.15, -0.1) is 0 Å². The summed E-state index contributed by atoms with van der Waals surface area (Å²) in [6.45, 7) is 1.68. The second-order valence-corrected chi connectivity index (χ2v) is 3.82. The summed E-state index contributed by atoms with van der Waals surface area (Å²) < 4.78 is 18.9. The number of hydrogen-bond acceptors (Lipinski definition) is 4. The zero-order valence-corrected chi connectivity index (χ0v) is 9.88. The molecule has 2 rings (SSSR count). The second-order valence-electron chi connectivity index (χ2n) is 3.82. The van der Waals surface area contributed by atoms with Gasteiger partial charge in [0.25, 0.3) is 0 Å². The van der Waals surface area contributed by atoms with Crippen LogP contribution >= 0.6 is 0 Å². The van der Waals surface area contributed by atoms with Gasteiger partial charge in [0.2, 0.25) is 0 Å². The molecular weight excluding hydrogens is 235 g/mol. The van der Waals surface area contributed by atoms with E-state index in [4.69, 9.17) is 4.74 Å². The summed E-state index contributed by atoms with van der Waals surface area (Å²) in [5, 5.41) is 9.32. The fourth-order valence-corrected chi connectivity index (χ4v) is 1.44. The first-order valence-electron chi connectivity index (χ1n) is 5.53. The molecule has 0 bridgehead atoms. The molecule has 0 aliphatic heterocycles. The van der Waals surface area contributed by atoms with E-state index in [1.807, 2.05) is 0 Å². The Labute approximate surface area is 104 Å². The van der Waals surface area contributed by atoms with E-state index >= 15 is 0 Å². The molecule has 0 aliphatic rings. The van der Waals surface area contributed by atoms with Crippen molar-refractivity contribution in [3.05, 3.63) is 53.9 Å². The second kappa shape index (κ2) is 5.55. The zero-order valence-electron chi connectivity index (χ0n) is 9.88. The minimum Gasteiger partial charge on any atom is -0.483 e. The van der Waals surface area contributed by atoms with Crippen LogP contribution in [0, 0.1) is 5.82 Å². The van der Waals surface area contributed by atoms with Gasteiger partial charge in [-0.1, -0.05) is 6.07 Å². The lowest BCUT2D eigenvalue weighted by Gasteiger charge is -2.09. The lowest BCUT2D eigenvalue weighted by atomic mass is 10.1. The van der Waals surface area contributed by atoms with Gasteiger partial charge >= 0.3 is 0 Å². The Balaban J connectivity index is 2.06. The maximum Gasteiger partial charge on any atom is 0.166 e. The summed E-state index contributed by atoms with van der Waals surface area (Å²) in [5.74, 6) is 0.0905. The van der Waals surface area contributed by atoms with Crippen molar-refractivity contribution in [3.8, 4) is 5.75 Å². The van der Waals surface area contributed by atoms with E-state index in [0.717, 1.165) is 0 Å². The molecule has 2 aromatic rings. The Kier molecular flexibility index (Phi) is 3.84. The van der Waals surface area contributed by atoms with Crippen LogP contribution in [0.1, 0.15) is 24.4 Å². The molecule has 1 atom stereocenters. The highest BCUT2D eigenvalue weighted by Gasteiger charge is 2.08. The van der Waals surface area contributed by atoms with E-state index in [1.54, 1.807) is 31.5 Å². The predicted octanol–water partition coefficient (Wildman–Crippen LogP) is 2.25. The van der Waals surface area contributed by atoms with Gasteiger partial charge in [-0.2, -0.15) is 0 Å². The molecule has 1 heterocycles. The fraction of sp³-hybridized carbons (Fsp3) is 0.231. The van der Waals surface area contributed by atoms with Crippen LogP contribution in [0.3, 0.4) is 0 Å². The van der Waals surface area contributed by atoms with Crippen molar-refractivity contribution in [1.82, 2.24) is 9.97 Å². The smallest absolute Gasteiger partial charge is 0.166 e. The number of hydrogen-bond donors (Lipinski definition) is 1. The third-order valence-electron chi connectivity index (χ3n) is 2.41. The number of benzene rings is 1. The highest BCUT2D eigenvalue weighted by Crippen LogP contribution is 2.22. The van der Waals surface area contributed by atoms with Crippen LogP contribution in [0.2, 0.25) is 0 Å². The van der Waals surface area contributed by atoms with Crippen molar-refractivity contribution in [2.24, 2.45) is 0 Å². The quantitative estimate of drug-likeness (QED) is 0.901. The third-order valence-corrected chi connectivity index (χ3v) is 2.41. The molecule has 0 radical (unpaired) electrons. The maximum atomic E-state index is 13.6. The average molecular weight is 248 g/mol. The topological polar surface area (TPSA) is 55.2 Å². The summed E-state index contributed by atoms with van der Waals surface area (Å²) in [6.07, 6.45) is 2.49. The molecule has 0 saturated carbocycles. The van der Waals surface area contributed by atoms with E-state index in [2.05, 4.69) is 9.97 Å². The number of aromatic nitrogens is 2. The van der Waals surface area contributed by atoms with Crippen LogP contribution in [-0.4, -0.2) is 15.1 Å². The number of halogens is 1. The Morgan fingerprint density at radius 1 is 1.33 bits per heavy atom. The Morgan fingerprint density at radius 2 is 2.06 bits per heavy atom. The number of aliphatic hydroxyl groups is 1. The summed E-state index contributed by atoms with van der Waals surface area (Å²) in [5.41, 5.74) is 0.510. The molecule has 0 spiro atoms. The van der Waals surface area contributed by atoms with Gasteiger partial charge in [-0.05, 0) is 30.7 Å². The first kappa shape index (κ1) is 12.4. The van der Waals surface area contributed by atoms with Crippen LogP contribution < -0.4 is 4.74 Å². The maximum absolute atomic E-state index is 13.6. The van der Waals surface area contributed by atoms with Crippen LogP contribution in [0.25, 0.3) is 0 Å². The summed E-state index contributed by atoms with van der Waals surface area (Å²) in [6, 6.07) is 6.06. The molecule has 5 heteroatoms. The van der Waals surface area contributed by atoms with Gasteiger partial charge in [-0.25, -0.2) is 14.4 Å². The SMILES string of the molecule is CC(O)c1ccc(OCc2ncccn2)c(F)c1. The first-order valence-corrected chi connectivity index (χ1v) is 5.53. The van der Waals surface area contributed by atoms with Crippen LogP contribution in [0.15, 0.2) is 36.7 Å². The third kappa shape index (κ3) is 3.01. The summed E-state index contributed by atoms with van der Waals surface area (Å²) in [7, 11) is 0. The van der Waals surface area contributed by atoms with E-state index < -0.39 is 11.9 Å². The molecule has 1 unspecified atom stereocenters. The molecule has 0 amide bonds. The molecule has 0 aliphatic carbocycles. The standard InChI is InChI=1S/C13H13FN2O2/c1-9(17)10-3-4-12(11(14)7-10)18-8-13-15-5-2-6-16-13/h2-7,9,17H,8H2,1H3. The minimum atomic E-state index is -0.703. The monoisotopic (exact) mass is 248 g/mol. The molecule has 4 nitrogen and oxygen atoms in total. The van der Waals surface area contributed by atoms with Crippen LogP contribution in [-0.2, 0) is 6.61 Å². The van der Waals surface area contributed by atoms with Crippen molar-refractivity contribution in [1.29, 1.82) is 0 Å². The Morgan fingerprint density at radius 3 is 2.67 bits per heavy atom. The molecule has 1 aromatic heterocycles. The molecule has 0 saturated heterocycles. The first-order chi connectivity index (χ1) is 8.66. The van der Waals surface area contributed by atoms with Crippen molar-refractivity contribution in [2.75, 3.05) is 0 Å². The van der Waals surface area contributed by atoms with Crippen LogP contribution in [0.5, 0.6) is 5.75 Å². The van der Waals surface area contributed by atoms with Crippen molar-refractivity contribution < 1.29 is 14.2 Å². The van der Waals surface area contributed by atoms with Crippen molar-refractivity contribution in [3.63, 3.8) is 0 Å². The van der Waals surface area contributed by atoms with Gasteiger partial charge < -0.3 is 9.84 Å². The number of nitrogens with zero attached hydrogens (tertiary/aromatic N) is 2. The largest absolute Gasteiger partial charge is 0.483 e. The number of aliphatic hydroxyl groups excluding tert-OH is 1. The molecule has 18 heavy (non-hydrogen) atoms. The zero-order chi connectivity index (χ0) is 13.0. The molecule has 1 N–H and O–H groups in total. The Hall–Kier alpha value is -2.01. The van der Waals surface area contributed by atoms with Gasteiger partial charge in [0.15, 0.2) is 17.4 Å². The Bertz CT molecular complexity index is 518. The van der Waals surface area contributed by atoms with E-state index in [1.165, 1.54) is 12.1 Å². The van der Waals surface area contributed by atoms with Gasteiger partial charge in [-0.3, -0.25) is 0 Å². The molecular formula is C13H13FN2O2. The number of rotatable bonds is 4. The van der Waals surface area contributed by atoms with E-state index in [9.17, 15) is 9.50 Å². The fourth-order valence-electron chi connectivity index (χ4n) is 1.44. The van der Waals surface area contributed by atoms with Crippen LogP contribution in [0.4, 0.5) is 4.39 Å². The minimum absolute atomic E-state index is 0.103. The van der Waals surface area contributed by atoms with Gasteiger partial charge in [0.1, 0.15) is 6.61 Å². The van der Waals surface area contributed by atoms with Crippen molar-refractivity contribution in [2.45, 2.75) is 19.6 Å². The lowest BCUT2D eigenvalue weighted by molar-refractivity contribution is 0.198. The summed E-state index contributed by atoms with van der Waals surface area (Å²) in [4.78, 5) is 7.94. The average Bonchev–Trinajstić information content (AvgIpc) is 2.38. The van der Waals surface area contributed by atoms with E-state index in [0.29, 0.717) is 11.4 Å². The van der Waals surface area contributed by atoms with Gasteiger partial charge in [0, 0.05) is 12.4 Å². The molecule has 0 fully saturated rings.